The van der Waals surface area contributed by atoms with Crippen LogP contribution in [0, 0.1) is 17.0 Å². The van der Waals surface area contributed by atoms with Gasteiger partial charge in [-0.05, 0) is 37.3 Å². The Morgan fingerprint density at radius 3 is 2.31 bits per heavy atom. The Morgan fingerprint density at radius 1 is 0.969 bits per heavy atom. The number of nitro groups is 1. The first-order chi connectivity index (χ1) is 15.2. The maximum absolute atomic E-state index is 12.5. The molecule has 0 aliphatic heterocycles. The van der Waals surface area contributed by atoms with Gasteiger partial charge in [-0.15, -0.1) is 0 Å². The Morgan fingerprint density at radius 2 is 1.62 bits per heavy atom. The fourth-order valence-electron chi connectivity index (χ4n) is 2.73. The lowest BCUT2D eigenvalue weighted by molar-refractivity contribution is -0.384. The van der Waals surface area contributed by atoms with E-state index >= 15 is 0 Å². The summed E-state index contributed by atoms with van der Waals surface area (Å²) < 4.78 is 32.4. The van der Waals surface area contributed by atoms with E-state index in [0.29, 0.717) is 0 Å². The number of hydrogen-bond donors (Lipinski definition) is 1. The van der Waals surface area contributed by atoms with Gasteiger partial charge in [-0.1, -0.05) is 35.9 Å². The standard InChI is InChI=1S/C22H18N2O7S/c1-15-8-10-20(11-9-15)32(29,30)23-18-6-2-5-17(12-18)22(26)31-14-21(25)16-4-3-7-19(13-16)24(27)28/h2-13,23H,14H2,1H3. The highest BCUT2D eigenvalue weighted by Crippen LogP contribution is 2.19. The molecule has 0 radical (unpaired) electrons. The fraction of sp³-hybridized carbons (Fsp3) is 0.0909. The van der Waals surface area contributed by atoms with E-state index in [1.165, 1.54) is 54.6 Å². The normalized spacial score (nSPS) is 10.9. The summed E-state index contributed by atoms with van der Waals surface area (Å²) in [6.45, 7) is 1.21. The summed E-state index contributed by atoms with van der Waals surface area (Å²) in [6.07, 6.45) is 0. The van der Waals surface area contributed by atoms with Crippen molar-refractivity contribution in [1.29, 1.82) is 0 Å². The Kier molecular flexibility index (Phi) is 6.64. The average Bonchev–Trinajstić information content (AvgIpc) is 2.77. The number of carbonyl (C=O) groups excluding carboxylic acids is 2. The number of nitro benzene ring substituents is 1. The number of sulfonamides is 1. The van der Waals surface area contributed by atoms with Crippen LogP contribution in [0.3, 0.4) is 0 Å². The van der Waals surface area contributed by atoms with E-state index in [0.717, 1.165) is 11.6 Å². The molecule has 0 atom stereocenters. The number of hydrogen-bond acceptors (Lipinski definition) is 7. The SMILES string of the molecule is Cc1ccc(S(=O)(=O)Nc2cccc(C(=O)OCC(=O)c3cccc([N+](=O)[O-])c3)c2)cc1. The molecule has 164 valence electrons. The number of carbonyl (C=O) groups is 2. The molecule has 32 heavy (non-hydrogen) atoms. The monoisotopic (exact) mass is 454 g/mol. The summed E-state index contributed by atoms with van der Waals surface area (Å²) in [4.78, 5) is 34.8. The first-order valence-corrected chi connectivity index (χ1v) is 10.8. The summed E-state index contributed by atoms with van der Waals surface area (Å²) in [7, 11) is -3.86. The Labute approximate surface area is 183 Å². The van der Waals surface area contributed by atoms with Crippen molar-refractivity contribution in [1.82, 2.24) is 0 Å². The number of anilines is 1. The summed E-state index contributed by atoms with van der Waals surface area (Å²) in [5.41, 5.74) is 0.863. The molecule has 3 aromatic rings. The van der Waals surface area contributed by atoms with Gasteiger partial charge in [-0.3, -0.25) is 19.6 Å². The molecule has 3 aromatic carbocycles. The van der Waals surface area contributed by atoms with Crippen molar-refractivity contribution in [2.45, 2.75) is 11.8 Å². The van der Waals surface area contributed by atoms with Crippen molar-refractivity contribution in [2.24, 2.45) is 0 Å². The van der Waals surface area contributed by atoms with E-state index in [9.17, 15) is 28.1 Å². The van der Waals surface area contributed by atoms with Crippen molar-refractivity contribution < 1.29 is 27.7 Å². The number of non-ortho nitro benzene ring substituents is 1. The van der Waals surface area contributed by atoms with Gasteiger partial charge in [0.05, 0.1) is 15.4 Å². The summed E-state index contributed by atoms with van der Waals surface area (Å²) in [5, 5.41) is 10.8. The minimum atomic E-state index is -3.86. The third-order valence-electron chi connectivity index (χ3n) is 4.40. The van der Waals surface area contributed by atoms with Gasteiger partial charge in [0.15, 0.2) is 6.61 Å². The van der Waals surface area contributed by atoms with Crippen LogP contribution in [0.15, 0.2) is 77.7 Å². The number of ketones is 1. The van der Waals surface area contributed by atoms with Gasteiger partial charge in [-0.25, -0.2) is 13.2 Å². The topological polar surface area (TPSA) is 133 Å². The second-order valence-electron chi connectivity index (χ2n) is 6.81. The fourth-order valence-corrected chi connectivity index (χ4v) is 3.78. The van der Waals surface area contributed by atoms with Crippen LogP contribution in [-0.2, 0) is 14.8 Å². The minimum absolute atomic E-state index is 0.0287. The van der Waals surface area contributed by atoms with Crippen LogP contribution in [0.4, 0.5) is 11.4 Å². The molecule has 0 saturated carbocycles. The van der Waals surface area contributed by atoms with E-state index in [-0.39, 0.29) is 27.4 Å². The first kappa shape index (κ1) is 22.6. The number of ether oxygens (including phenoxy) is 1. The molecule has 0 aliphatic carbocycles. The number of nitrogens with one attached hydrogen (secondary N) is 1. The van der Waals surface area contributed by atoms with E-state index < -0.39 is 33.3 Å². The van der Waals surface area contributed by atoms with Crippen molar-refractivity contribution in [2.75, 3.05) is 11.3 Å². The lowest BCUT2D eigenvalue weighted by Gasteiger charge is -2.10. The second-order valence-corrected chi connectivity index (χ2v) is 8.49. The van der Waals surface area contributed by atoms with Gasteiger partial charge in [-0.2, -0.15) is 0 Å². The van der Waals surface area contributed by atoms with Crippen LogP contribution in [0.25, 0.3) is 0 Å². The lowest BCUT2D eigenvalue weighted by Crippen LogP contribution is -2.16. The average molecular weight is 454 g/mol. The Balaban J connectivity index is 1.67. The van der Waals surface area contributed by atoms with E-state index in [4.69, 9.17) is 4.74 Å². The predicted molar refractivity (Wildman–Crippen MR) is 116 cm³/mol. The van der Waals surface area contributed by atoms with Gasteiger partial charge in [0.25, 0.3) is 15.7 Å². The molecular weight excluding hydrogens is 436 g/mol. The van der Waals surface area contributed by atoms with Crippen LogP contribution in [-0.4, -0.2) is 31.7 Å². The molecule has 0 fully saturated rings. The molecule has 0 heterocycles. The van der Waals surface area contributed by atoms with Gasteiger partial charge >= 0.3 is 5.97 Å². The highest BCUT2D eigenvalue weighted by molar-refractivity contribution is 7.92. The minimum Gasteiger partial charge on any atom is -0.454 e. The summed E-state index contributed by atoms with van der Waals surface area (Å²) in [5.74, 6) is -1.46. The molecule has 10 heteroatoms. The molecule has 9 nitrogen and oxygen atoms in total. The number of esters is 1. The first-order valence-electron chi connectivity index (χ1n) is 9.30. The maximum Gasteiger partial charge on any atom is 0.338 e. The van der Waals surface area contributed by atoms with Gasteiger partial charge in [0.1, 0.15) is 0 Å². The number of rotatable bonds is 8. The van der Waals surface area contributed by atoms with E-state index in [1.807, 2.05) is 6.92 Å². The molecule has 0 unspecified atom stereocenters. The van der Waals surface area contributed by atoms with Crippen molar-refractivity contribution >= 4 is 33.2 Å². The zero-order valence-electron chi connectivity index (χ0n) is 16.8. The highest BCUT2D eigenvalue weighted by atomic mass is 32.2. The zero-order valence-corrected chi connectivity index (χ0v) is 17.7. The molecule has 3 rings (SSSR count). The predicted octanol–water partition coefficient (Wildman–Crippen LogP) is 3.74. The molecule has 0 aliphatic rings. The van der Waals surface area contributed by atoms with Crippen LogP contribution in [0.2, 0.25) is 0 Å². The molecular formula is C22H18N2O7S. The summed E-state index contributed by atoms with van der Waals surface area (Å²) in [6, 6.07) is 17.0. The zero-order chi connectivity index (χ0) is 23.3. The number of Topliss-reactive ketones (excluding diaryl/α,β-unsaturated/α-hetero) is 1. The van der Waals surface area contributed by atoms with Crippen LogP contribution in [0.1, 0.15) is 26.3 Å². The van der Waals surface area contributed by atoms with Gasteiger partial charge in [0.2, 0.25) is 5.78 Å². The molecule has 0 bridgehead atoms. The van der Waals surface area contributed by atoms with Crippen LogP contribution in [0.5, 0.6) is 0 Å². The van der Waals surface area contributed by atoms with Crippen molar-refractivity contribution in [3.05, 3.63) is 99.6 Å². The molecule has 1 N–H and O–H groups in total. The van der Waals surface area contributed by atoms with Gasteiger partial charge in [0, 0.05) is 23.4 Å². The van der Waals surface area contributed by atoms with Crippen molar-refractivity contribution in [3.63, 3.8) is 0 Å². The molecule has 0 amide bonds. The quantitative estimate of drug-likeness (QED) is 0.237. The van der Waals surface area contributed by atoms with Crippen LogP contribution < -0.4 is 4.72 Å². The Bertz CT molecular complexity index is 1290. The lowest BCUT2D eigenvalue weighted by atomic mass is 10.1. The third kappa shape index (κ3) is 5.55. The summed E-state index contributed by atoms with van der Waals surface area (Å²) >= 11 is 0. The van der Waals surface area contributed by atoms with Gasteiger partial charge < -0.3 is 4.74 Å². The smallest absolute Gasteiger partial charge is 0.338 e. The molecule has 0 aromatic heterocycles. The number of benzene rings is 3. The Hall–Kier alpha value is -4.05. The second kappa shape index (κ2) is 9.40. The molecule has 0 spiro atoms. The van der Waals surface area contributed by atoms with E-state index in [1.54, 1.807) is 12.1 Å². The highest BCUT2D eigenvalue weighted by Gasteiger charge is 2.17. The third-order valence-corrected chi connectivity index (χ3v) is 5.79. The van der Waals surface area contributed by atoms with Crippen molar-refractivity contribution in [3.8, 4) is 0 Å². The number of aryl methyl sites for hydroxylation is 1. The van der Waals surface area contributed by atoms with Crippen LogP contribution >= 0.6 is 0 Å². The maximum atomic E-state index is 12.5. The molecule has 0 saturated heterocycles. The number of nitrogens with zero attached hydrogens (tertiary/aromatic N) is 1. The largest absolute Gasteiger partial charge is 0.454 e. The van der Waals surface area contributed by atoms with E-state index in [2.05, 4.69) is 4.72 Å².